The van der Waals surface area contributed by atoms with Gasteiger partial charge >= 0.3 is 0 Å². The third-order valence-electron chi connectivity index (χ3n) is 3.28. The number of aromatic nitrogens is 1. The van der Waals surface area contributed by atoms with Gasteiger partial charge in [0.15, 0.2) is 23.3 Å². The van der Waals surface area contributed by atoms with Crippen LogP contribution in [0.5, 0.6) is 0 Å². The van der Waals surface area contributed by atoms with Crippen molar-refractivity contribution in [2.24, 2.45) is 0 Å². The van der Waals surface area contributed by atoms with Crippen LogP contribution in [-0.4, -0.2) is 42.5 Å². The number of piperidine rings is 1. The second-order valence-corrected chi connectivity index (χ2v) is 4.69. The van der Waals surface area contributed by atoms with Crippen LogP contribution in [0, 0.1) is 11.6 Å². The average molecular weight is 284 g/mol. The number of hydrogen-bond acceptors (Lipinski definition) is 4. The largest absolute Gasteiger partial charge is 0.371 e. The maximum absolute atomic E-state index is 13.5. The van der Waals surface area contributed by atoms with Gasteiger partial charge in [-0.15, -0.1) is 0 Å². The first-order chi connectivity index (χ1) is 9.61. The fourth-order valence-electron chi connectivity index (χ4n) is 2.18. The summed E-state index contributed by atoms with van der Waals surface area (Å²) in [5, 5.41) is 5.15. The fraction of sp³-hybridized carbons (Fsp3) is 0.538. The van der Waals surface area contributed by atoms with Crippen molar-refractivity contribution in [2.75, 3.05) is 37.3 Å². The normalized spacial score (nSPS) is 15.1. The molecule has 0 aliphatic carbocycles. The molecule has 0 saturated carbocycles. The van der Waals surface area contributed by atoms with Crippen LogP contribution in [0.2, 0.25) is 0 Å². The van der Waals surface area contributed by atoms with Gasteiger partial charge < -0.3 is 15.5 Å². The van der Waals surface area contributed by atoms with Crippen molar-refractivity contribution < 1.29 is 13.6 Å². The number of amides is 1. The summed E-state index contributed by atoms with van der Waals surface area (Å²) in [6.07, 6.45) is 3.13. The zero-order valence-electron chi connectivity index (χ0n) is 11.4. The number of rotatable bonds is 4. The first-order valence-electron chi connectivity index (χ1n) is 6.67. The van der Waals surface area contributed by atoms with E-state index in [2.05, 4.69) is 15.6 Å². The number of nitrogens with zero attached hydrogens (tertiary/aromatic N) is 2. The molecule has 0 radical (unpaired) electrons. The smallest absolute Gasteiger partial charge is 0.241 e. The number of nitrogens with one attached hydrogen (secondary N) is 2. The Hall–Kier alpha value is -1.92. The third kappa shape index (κ3) is 3.34. The first-order valence-corrected chi connectivity index (χ1v) is 6.67. The van der Waals surface area contributed by atoms with E-state index in [4.69, 9.17) is 0 Å². The van der Waals surface area contributed by atoms with Crippen molar-refractivity contribution in [3.8, 4) is 0 Å². The Morgan fingerprint density at radius 2 is 1.90 bits per heavy atom. The molecule has 7 heteroatoms. The van der Waals surface area contributed by atoms with Crippen LogP contribution in [0.25, 0.3) is 0 Å². The number of likely N-dealkylation sites (tertiary alicyclic amines) is 1. The van der Waals surface area contributed by atoms with Gasteiger partial charge in [0.1, 0.15) is 0 Å². The van der Waals surface area contributed by atoms with Crippen molar-refractivity contribution in [2.45, 2.75) is 19.3 Å². The summed E-state index contributed by atoms with van der Waals surface area (Å²) < 4.78 is 26.8. The summed E-state index contributed by atoms with van der Waals surface area (Å²) in [7, 11) is 1.49. The Morgan fingerprint density at radius 3 is 2.55 bits per heavy atom. The van der Waals surface area contributed by atoms with Gasteiger partial charge in [0.2, 0.25) is 5.91 Å². The highest BCUT2D eigenvalue weighted by Gasteiger charge is 2.17. The maximum atomic E-state index is 13.5. The lowest BCUT2D eigenvalue weighted by Crippen LogP contribution is -2.39. The minimum absolute atomic E-state index is 0.0429. The van der Waals surface area contributed by atoms with E-state index in [1.54, 1.807) is 4.90 Å². The van der Waals surface area contributed by atoms with Gasteiger partial charge in [-0.1, -0.05) is 0 Å². The van der Waals surface area contributed by atoms with Gasteiger partial charge in [0, 0.05) is 26.2 Å². The minimum Gasteiger partial charge on any atom is -0.371 e. The van der Waals surface area contributed by atoms with Crippen molar-refractivity contribution in [1.82, 2.24) is 9.88 Å². The summed E-state index contributed by atoms with van der Waals surface area (Å²) in [5.74, 6) is -1.85. The van der Waals surface area contributed by atoms with Crippen LogP contribution >= 0.6 is 0 Å². The molecule has 1 aromatic heterocycles. The van der Waals surface area contributed by atoms with E-state index in [0.29, 0.717) is 0 Å². The van der Waals surface area contributed by atoms with E-state index in [-0.39, 0.29) is 24.1 Å². The highest BCUT2D eigenvalue weighted by molar-refractivity contribution is 5.80. The van der Waals surface area contributed by atoms with Crippen LogP contribution < -0.4 is 10.6 Å². The average Bonchev–Trinajstić information content (AvgIpc) is 2.47. The summed E-state index contributed by atoms with van der Waals surface area (Å²) in [5.41, 5.74) is 0. The molecule has 1 aliphatic heterocycles. The van der Waals surface area contributed by atoms with Gasteiger partial charge in [-0.3, -0.25) is 4.79 Å². The van der Waals surface area contributed by atoms with E-state index in [0.717, 1.165) is 38.4 Å². The van der Waals surface area contributed by atoms with E-state index in [9.17, 15) is 13.6 Å². The van der Waals surface area contributed by atoms with E-state index in [1.165, 1.54) is 7.05 Å². The Kier molecular flexibility index (Phi) is 4.70. The number of carbonyl (C=O) groups is 1. The summed E-state index contributed by atoms with van der Waals surface area (Å²) in [6, 6.07) is 0.743. The maximum Gasteiger partial charge on any atom is 0.241 e. The van der Waals surface area contributed by atoms with Crippen molar-refractivity contribution in [1.29, 1.82) is 0 Å². The van der Waals surface area contributed by atoms with Gasteiger partial charge in [0.25, 0.3) is 0 Å². The monoisotopic (exact) mass is 284 g/mol. The fourth-order valence-corrected chi connectivity index (χ4v) is 2.18. The molecule has 1 saturated heterocycles. The van der Waals surface area contributed by atoms with Crippen molar-refractivity contribution >= 4 is 17.5 Å². The Labute approximate surface area is 116 Å². The van der Waals surface area contributed by atoms with Crippen LogP contribution in [0.3, 0.4) is 0 Å². The van der Waals surface area contributed by atoms with Crippen molar-refractivity contribution in [3.05, 3.63) is 17.7 Å². The van der Waals surface area contributed by atoms with Gasteiger partial charge in [-0.05, 0) is 19.3 Å². The Balaban J connectivity index is 1.97. The molecule has 1 aromatic rings. The second kappa shape index (κ2) is 6.49. The molecular formula is C13H18F2N4O. The van der Waals surface area contributed by atoms with Crippen LogP contribution in [0.4, 0.5) is 20.4 Å². The number of halogens is 2. The molecule has 5 nitrogen and oxygen atoms in total. The van der Waals surface area contributed by atoms with Crippen LogP contribution in [-0.2, 0) is 4.79 Å². The lowest BCUT2D eigenvalue weighted by Gasteiger charge is -2.26. The lowest BCUT2D eigenvalue weighted by molar-refractivity contribution is -0.130. The zero-order valence-corrected chi connectivity index (χ0v) is 11.4. The molecule has 1 fully saturated rings. The third-order valence-corrected chi connectivity index (χ3v) is 3.28. The summed E-state index contributed by atoms with van der Waals surface area (Å²) in [4.78, 5) is 17.4. The molecule has 2 N–H and O–H groups in total. The number of carbonyl (C=O) groups excluding carboxylic acids is 1. The molecule has 0 atom stereocenters. The number of pyridine rings is 1. The minimum atomic E-state index is -0.812. The van der Waals surface area contributed by atoms with E-state index >= 15 is 0 Å². The highest BCUT2D eigenvalue weighted by atomic mass is 19.1. The predicted octanol–water partition coefficient (Wildman–Crippen LogP) is 1.83. The van der Waals surface area contributed by atoms with Crippen LogP contribution in [0.1, 0.15) is 19.3 Å². The Morgan fingerprint density at radius 1 is 1.25 bits per heavy atom. The molecule has 110 valence electrons. The summed E-state index contributed by atoms with van der Waals surface area (Å²) >= 11 is 0. The lowest BCUT2D eigenvalue weighted by atomic mass is 10.1. The van der Waals surface area contributed by atoms with E-state index < -0.39 is 11.6 Å². The SMILES string of the molecule is CNc1nc(NCC(=O)N2CCCCC2)c(F)cc1F. The number of hydrogen-bond donors (Lipinski definition) is 2. The highest BCUT2D eigenvalue weighted by Crippen LogP contribution is 2.18. The van der Waals surface area contributed by atoms with Crippen LogP contribution in [0.15, 0.2) is 6.07 Å². The molecule has 1 amide bonds. The topological polar surface area (TPSA) is 57.3 Å². The zero-order chi connectivity index (χ0) is 14.5. The first kappa shape index (κ1) is 14.5. The predicted molar refractivity (Wildman–Crippen MR) is 72.6 cm³/mol. The molecule has 1 aliphatic rings. The Bertz CT molecular complexity index is 490. The standard InChI is InChI=1S/C13H18F2N4O/c1-16-12-9(14)7-10(15)13(18-12)17-8-11(20)19-5-3-2-4-6-19/h7H,2-6,8H2,1H3,(H2,16,17,18). The number of anilines is 2. The molecule has 0 aromatic carbocycles. The molecule has 20 heavy (non-hydrogen) atoms. The van der Waals surface area contributed by atoms with E-state index in [1.807, 2.05) is 0 Å². The quantitative estimate of drug-likeness (QED) is 0.885. The molecule has 0 bridgehead atoms. The summed E-state index contributed by atoms with van der Waals surface area (Å²) in [6.45, 7) is 1.43. The van der Waals surface area contributed by atoms with Gasteiger partial charge in [-0.2, -0.15) is 0 Å². The molecule has 2 heterocycles. The second-order valence-electron chi connectivity index (χ2n) is 4.69. The molecular weight excluding hydrogens is 266 g/mol. The molecule has 2 rings (SSSR count). The van der Waals surface area contributed by atoms with Gasteiger partial charge in [-0.25, -0.2) is 13.8 Å². The van der Waals surface area contributed by atoms with Crippen molar-refractivity contribution in [3.63, 3.8) is 0 Å². The molecule has 0 spiro atoms. The molecule has 0 unspecified atom stereocenters. The van der Waals surface area contributed by atoms with Gasteiger partial charge in [0.05, 0.1) is 6.54 Å².